The van der Waals surface area contributed by atoms with Gasteiger partial charge < -0.3 is 14.3 Å². The normalized spacial score (nSPS) is 13.0. The van der Waals surface area contributed by atoms with Crippen LogP contribution in [0, 0.1) is 6.92 Å². The maximum Gasteiger partial charge on any atom is 0.259 e. The number of furan rings is 1. The highest BCUT2D eigenvalue weighted by Crippen LogP contribution is 2.18. The summed E-state index contributed by atoms with van der Waals surface area (Å²) in [5, 5.41) is 11.4. The number of nitrogens with zero attached hydrogens (tertiary/aromatic N) is 3. The minimum atomic E-state index is -0.163. The van der Waals surface area contributed by atoms with Gasteiger partial charge in [-0.3, -0.25) is 4.79 Å². The Morgan fingerprint density at radius 2 is 2.08 bits per heavy atom. The summed E-state index contributed by atoms with van der Waals surface area (Å²) in [6.45, 7) is 2.78. The van der Waals surface area contributed by atoms with Crippen LogP contribution in [0.2, 0.25) is 0 Å². The number of amides is 1. The molecular formula is C18H18N4O2. The van der Waals surface area contributed by atoms with Crippen LogP contribution in [0.5, 0.6) is 0 Å². The molecule has 122 valence electrons. The topological polar surface area (TPSA) is 73.0 Å². The Morgan fingerprint density at radius 3 is 2.83 bits per heavy atom. The van der Waals surface area contributed by atoms with Crippen molar-refractivity contribution in [1.29, 1.82) is 0 Å². The number of aromatic nitrogens is 3. The summed E-state index contributed by atoms with van der Waals surface area (Å²) in [7, 11) is 0. The van der Waals surface area contributed by atoms with E-state index < -0.39 is 0 Å². The second-order valence-electron chi connectivity index (χ2n) is 6.01. The minimum absolute atomic E-state index is 0.163. The fourth-order valence-electron chi connectivity index (χ4n) is 3.05. The van der Waals surface area contributed by atoms with Crippen LogP contribution in [0.1, 0.15) is 39.8 Å². The number of hydrogen-bond donors (Lipinski definition) is 1. The molecule has 1 aliphatic heterocycles. The molecule has 1 aliphatic rings. The maximum atomic E-state index is 12.2. The van der Waals surface area contributed by atoms with Gasteiger partial charge in [0.25, 0.3) is 5.91 Å². The van der Waals surface area contributed by atoms with E-state index in [2.05, 4.69) is 20.1 Å². The number of carbonyl (C=O) groups is 1. The number of rotatable bonds is 4. The molecule has 0 saturated carbocycles. The monoisotopic (exact) mass is 322 g/mol. The van der Waals surface area contributed by atoms with Gasteiger partial charge in [-0.15, -0.1) is 10.2 Å². The van der Waals surface area contributed by atoms with Gasteiger partial charge in [0.15, 0.2) is 0 Å². The third-order valence-electron chi connectivity index (χ3n) is 4.36. The number of hydrogen-bond acceptors (Lipinski definition) is 4. The first-order chi connectivity index (χ1) is 11.7. The summed E-state index contributed by atoms with van der Waals surface area (Å²) in [6, 6.07) is 9.50. The van der Waals surface area contributed by atoms with Gasteiger partial charge in [-0.05, 0) is 37.1 Å². The Labute approximate surface area is 139 Å². The van der Waals surface area contributed by atoms with Gasteiger partial charge >= 0.3 is 0 Å². The van der Waals surface area contributed by atoms with Gasteiger partial charge in [0.1, 0.15) is 17.4 Å². The molecule has 3 aromatic rings. The highest BCUT2D eigenvalue weighted by atomic mass is 16.3. The summed E-state index contributed by atoms with van der Waals surface area (Å²) in [4.78, 5) is 12.2. The second kappa shape index (κ2) is 5.96. The summed E-state index contributed by atoms with van der Waals surface area (Å²) in [5.41, 5.74) is 2.46. The fraction of sp³-hybridized carbons (Fsp3) is 0.278. The van der Waals surface area contributed by atoms with Gasteiger partial charge in [-0.2, -0.15) is 0 Å². The number of aryl methyl sites for hydroxylation is 2. The number of anilines is 1. The Hall–Kier alpha value is -2.89. The van der Waals surface area contributed by atoms with Crippen molar-refractivity contribution in [2.45, 2.75) is 32.7 Å². The molecule has 6 heteroatoms. The van der Waals surface area contributed by atoms with Gasteiger partial charge in [-0.25, -0.2) is 0 Å². The summed E-state index contributed by atoms with van der Waals surface area (Å²) in [5.74, 6) is 2.55. The zero-order valence-corrected chi connectivity index (χ0v) is 13.5. The molecule has 0 fully saturated rings. The summed E-state index contributed by atoms with van der Waals surface area (Å²) >= 11 is 0. The first kappa shape index (κ1) is 14.7. The molecule has 0 spiro atoms. The Balaban J connectivity index is 1.45. The van der Waals surface area contributed by atoms with Crippen molar-refractivity contribution in [3.63, 3.8) is 0 Å². The lowest BCUT2D eigenvalue weighted by Gasteiger charge is -2.07. The van der Waals surface area contributed by atoms with E-state index in [1.807, 2.05) is 24.3 Å². The fourth-order valence-corrected chi connectivity index (χ4v) is 3.05. The van der Waals surface area contributed by atoms with E-state index in [4.69, 9.17) is 4.42 Å². The van der Waals surface area contributed by atoms with Crippen molar-refractivity contribution in [3.05, 3.63) is 65.1 Å². The van der Waals surface area contributed by atoms with Crippen molar-refractivity contribution in [1.82, 2.24) is 14.8 Å². The van der Waals surface area contributed by atoms with Crippen LogP contribution >= 0.6 is 0 Å². The van der Waals surface area contributed by atoms with Gasteiger partial charge in [0.2, 0.25) is 0 Å². The minimum Gasteiger partial charge on any atom is -0.469 e. The van der Waals surface area contributed by atoms with Crippen molar-refractivity contribution >= 4 is 11.6 Å². The highest BCUT2D eigenvalue weighted by molar-refractivity contribution is 6.04. The van der Waals surface area contributed by atoms with Crippen LogP contribution in [0.4, 0.5) is 5.69 Å². The quantitative estimate of drug-likeness (QED) is 0.801. The number of carbonyl (C=O) groups excluding carboxylic acids is 1. The first-order valence-electron chi connectivity index (χ1n) is 8.06. The van der Waals surface area contributed by atoms with Crippen molar-refractivity contribution in [2.24, 2.45) is 0 Å². The van der Waals surface area contributed by atoms with Gasteiger partial charge in [0, 0.05) is 25.1 Å². The predicted molar refractivity (Wildman–Crippen MR) is 89.0 cm³/mol. The Morgan fingerprint density at radius 1 is 1.25 bits per heavy atom. The van der Waals surface area contributed by atoms with Crippen LogP contribution in [0.25, 0.3) is 0 Å². The predicted octanol–water partition coefficient (Wildman–Crippen LogP) is 2.97. The Kier molecular flexibility index (Phi) is 3.65. The molecule has 0 bridgehead atoms. The molecule has 6 nitrogen and oxygen atoms in total. The zero-order valence-electron chi connectivity index (χ0n) is 13.5. The molecule has 2 aromatic heterocycles. The molecule has 0 aliphatic carbocycles. The smallest absolute Gasteiger partial charge is 0.259 e. The number of fused-ring (bicyclic) bond motifs is 1. The molecular weight excluding hydrogens is 304 g/mol. The van der Waals surface area contributed by atoms with Crippen molar-refractivity contribution < 1.29 is 9.21 Å². The van der Waals surface area contributed by atoms with Gasteiger partial charge in [-0.1, -0.05) is 12.1 Å². The third-order valence-corrected chi connectivity index (χ3v) is 4.36. The van der Waals surface area contributed by atoms with Crippen LogP contribution in [0.15, 0.2) is 41.0 Å². The second-order valence-corrected chi connectivity index (χ2v) is 6.01. The Bertz CT molecular complexity index is 877. The van der Waals surface area contributed by atoms with E-state index >= 15 is 0 Å². The maximum absolute atomic E-state index is 12.2. The van der Waals surface area contributed by atoms with Crippen LogP contribution in [-0.2, 0) is 19.4 Å². The molecule has 0 saturated heterocycles. The zero-order chi connectivity index (χ0) is 16.5. The molecule has 4 rings (SSSR count). The lowest BCUT2D eigenvalue weighted by Crippen LogP contribution is -2.12. The molecule has 3 heterocycles. The first-order valence-corrected chi connectivity index (χ1v) is 8.06. The lowest BCUT2D eigenvalue weighted by molar-refractivity contribution is 0.102. The molecule has 1 N–H and O–H groups in total. The average Bonchev–Trinajstić information content (AvgIpc) is 3.28. The number of nitrogens with one attached hydrogen (secondary N) is 1. The van der Waals surface area contributed by atoms with E-state index in [-0.39, 0.29) is 5.91 Å². The molecule has 1 amide bonds. The van der Waals surface area contributed by atoms with Gasteiger partial charge in [0.05, 0.1) is 11.8 Å². The van der Waals surface area contributed by atoms with Crippen LogP contribution in [0.3, 0.4) is 0 Å². The third kappa shape index (κ3) is 2.71. The highest BCUT2D eigenvalue weighted by Gasteiger charge is 2.17. The van der Waals surface area contributed by atoms with E-state index in [1.54, 1.807) is 13.0 Å². The standard InChI is InChI=1S/C18H18N4O2/c1-12-15(8-10-24-12)18(23)19-14-6-4-13(5-7-14)11-17-21-20-16-3-2-9-22(16)17/h4-8,10H,2-3,9,11H2,1H3,(H,19,23). The summed E-state index contributed by atoms with van der Waals surface area (Å²) < 4.78 is 7.37. The molecule has 0 atom stereocenters. The van der Waals surface area contributed by atoms with Crippen molar-refractivity contribution in [2.75, 3.05) is 5.32 Å². The van der Waals surface area contributed by atoms with Crippen LogP contribution in [-0.4, -0.2) is 20.7 Å². The van der Waals surface area contributed by atoms with Crippen LogP contribution < -0.4 is 5.32 Å². The molecule has 1 aromatic carbocycles. The van der Waals surface area contributed by atoms with E-state index in [0.717, 1.165) is 48.7 Å². The largest absolute Gasteiger partial charge is 0.469 e. The van der Waals surface area contributed by atoms with E-state index in [0.29, 0.717) is 11.3 Å². The molecule has 0 unspecified atom stereocenters. The molecule has 24 heavy (non-hydrogen) atoms. The lowest BCUT2D eigenvalue weighted by atomic mass is 10.1. The summed E-state index contributed by atoms with van der Waals surface area (Å²) in [6.07, 6.45) is 4.44. The van der Waals surface area contributed by atoms with E-state index in [9.17, 15) is 4.79 Å². The van der Waals surface area contributed by atoms with E-state index in [1.165, 1.54) is 6.26 Å². The van der Waals surface area contributed by atoms with Crippen molar-refractivity contribution in [3.8, 4) is 0 Å². The SMILES string of the molecule is Cc1occc1C(=O)Nc1ccc(Cc2nnc3n2CCC3)cc1. The molecule has 0 radical (unpaired) electrons. The average molecular weight is 322 g/mol. The number of benzene rings is 1.